The monoisotopic (exact) mass is 422 g/mol. The average molecular weight is 422 g/mol. The number of carbonyl (C=O) groups excluding carboxylic acids is 1. The van der Waals surface area contributed by atoms with Crippen LogP contribution >= 0.6 is 11.3 Å². The third kappa shape index (κ3) is 4.27. The van der Waals surface area contributed by atoms with Crippen LogP contribution in [0.1, 0.15) is 10.4 Å². The van der Waals surface area contributed by atoms with E-state index in [1.165, 1.54) is 29.9 Å². The van der Waals surface area contributed by atoms with Crippen LogP contribution in [0.5, 0.6) is 0 Å². The summed E-state index contributed by atoms with van der Waals surface area (Å²) < 4.78 is 43.6. The Labute approximate surface area is 165 Å². The summed E-state index contributed by atoms with van der Waals surface area (Å²) in [7, 11) is 0. The van der Waals surface area contributed by atoms with Gasteiger partial charge < -0.3 is 10.1 Å². The summed E-state index contributed by atoms with van der Waals surface area (Å²) in [5.41, 5.74) is 1.75. The summed E-state index contributed by atoms with van der Waals surface area (Å²) in [6, 6.07) is 5.66. The molecule has 1 N–H and O–H groups in total. The molecule has 8 nitrogen and oxygen atoms in total. The topological polar surface area (TPSA) is 86.3 Å². The number of alkyl halides is 3. The van der Waals surface area contributed by atoms with E-state index in [0.29, 0.717) is 11.3 Å². The molecule has 4 aromatic heterocycles. The van der Waals surface area contributed by atoms with Crippen molar-refractivity contribution in [2.75, 3.05) is 11.9 Å². The zero-order valence-electron chi connectivity index (χ0n) is 14.6. The summed E-state index contributed by atoms with van der Waals surface area (Å²) in [6.07, 6.45) is 1.27. The lowest BCUT2D eigenvalue weighted by molar-refractivity contribution is -0.182. The zero-order chi connectivity index (χ0) is 20.4. The number of carbonyl (C=O) groups is 1. The SMILES string of the molecule is O=C(Nc1cnn(COCC(F)(F)F)c1)c1cnn2c(-c3cccs3)ccnc12. The Bertz CT molecular complexity index is 1140. The van der Waals surface area contributed by atoms with Gasteiger partial charge in [-0.2, -0.15) is 23.4 Å². The molecule has 4 rings (SSSR count). The van der Waals surface area contributed by atoms with Crippen LogP contribution in [-0.2, 0) is 11.5 Å². The Morgan fingerprint density at radius 2 is 2.10 bits per heavy atom. The fraction of sp³-hybridized carbons (Fsp3) is 0.176. The second-order valence-corrected chi connectivity index (χ2v) is 6.86. The van der Waals surface area contributed by atoms with Gasteiger partial charge in [-0.25, -0.2) is 14.2 Å². The van der Waals surface area contributed by atoms with Crippen molar-refractivity contribution in [1.29, 1.82) is 0 Å². The molecule has 0 aliphatic heterocycles. The molecule has 150 valence electrons. The minimum Gasteiger partial charge on any atom is -0.350 e. The van der Waals surface area contributed by atoms with Gasteiger partial charge in [-0.15, -0.1) is 11.3 Å². The number of hydrogen-bond donors (Lipinski definition) is 1. The van der Waals surface area contributed by atoms with E-state index in [2.05, 4.69) is 25.2 Å². The Kier molecular flexibility index (Phi) is 5.03. The number of ether oxygens (including phenoxy) is 1. The lowest BCUT2D eigenvalue weighted by Gasteiger charge is -2.07. The number of hydrogen-bond acceptors (Lipinski definition) is 6. The molecular formula is C17H13F3N6O2S. The largest absolute Gasteiger partial charge is 0.411 e. The number of fused-ring (bicyclic) bond motifs is 1. The Morgan fingerprint density at radius 1 is 1.24 bits per heavy atom. The highest BCUT2D eigenvalue weighted by atomic mass is 32.1. The van der Waals surface area contributed by atoms with Crippen LogP contribution in [0.2, 0.25) is 0 Å². The van der Waals surface area contributed by atoms with E-state index in [-0.39, 0.29) is 5.56 Å². The molecule has 0 fully saturated rings. The van der Waals surface area contributed by atoms with E-state index in [1.807, 2.05) is 17.5 Å². The second-order valence-electron chi connectivity index (χ2n) is 5.92. The van der Waals surface area contributed by atoms with Gasteiger partial charge >= 0.3 is 6.18 Å². The van der Waals surface area contributed by atoms with Gasteiger partial charge in [-0.05, 0) is 17.5 Å². The van der Waals surface area contributed by atoms with E-state index < -0.39 is 25.4 Å². The van der Waals surface area contributed by atoms with Crippen molar-refractivity contribution in [2.45, 2.75) is 12.9 Å². The molecule has 0 aliphatic carbocycles. The van der Waals surface area contributed by atoms with Gasteiger partial charge in [-0.3, -0.25) is 4.79 Å². The van der Waals surface area contributed by atoms with E-state index >= 15 is 0 Å². The standard InChI is InChI=1S/C17H13F3N6O2S/c18-17(19,20)9-28-10-25-8-11(6-22-25)24-16(27)12-7-23-26-13(3-4-21-15(12)26)14-2-1-5-29-14/h1-8H,9-10H2,(H,24,27). The fourth-order valence-electron chi connectivity index (χ4n) is 2.61. The molecule has 0 spiro atoms. The molecule has 4 heterocycles. The third-order valence-electron chi connectivity index (χ3n) is 3.80. The molecule has 0 aromatic carbocycles. The van der Waals surface area contributed by atoms with E-state index in [9.17, 15) is 18.0 Å². The minimum absolute atomic E-state index is 0.254. The first-order valence-electron chi connectivity index (χ1n) is 8.26. The van der Waals surface area contributed by atoms with Crippen molar-refractivity contribution >= 4 is 28.6 Å². The summed E-state index contributed by atoms with van der Waals surface area (Å²) in [4.78, 5) is 17.8. The molecule has 0 unspecified atom stereocenters. The van der Waals surface area contributed by atoms with Crippen LogP contribution < -0.4 is 5.32 Å². The van der Waals surface area contributed by atoms with Crippen molar-refractivity contribution in [3.05, 3.63) is 53.9 Å². The van der Waals surface area contributed by atoms with E-state index in [4.69, 9.17) is 0 Å². The maximum absolute atomic E-state index is 12.6. The summed E-state index contributed by atoms with van der Waals surface area (Å²) in [6.45, 7) is -1.77. The molecule has 1 amide bonds. The Morgan fingerprint density at radius 3 is 2.86 bits per heavy atom. The summed E-state index contributed by atoms with van der Waals surface area (Å²) >= 11 is 1.54. The van der Waals surface area contributed by atoms with Crippen molar-refractivity contribution < 1.29 is 22.7 Å². The Hall–Kier alpha value is -3.25. The number of aromatic nitrogens is 5. The molecule has 0 saturated heterocycles. The van der Waals surface area contributed by atoms with Crippen molar-refractivity contribution in [3.63, 3.8) is 0 Å². The van der Waals surface area contributed by atoms with Crippen LogP contribution in [-0.4, -0.2) is 43.1 Å². The molecule has 0 atom stereocenters. The number of nitrogens with one attached hydrogen (secondary N) is 1. The molecule has 12 heteroatoms. The van der Waals surface area contributed by atoms with Gasteiger partial charge in [0.15, 0.2) is 5.65 Å². The van der Waals surface area contributed by atoms with Crippen molar-refractivity contribution in [3.8, 4) is 10.6 Å². The van der Waals surface area contributed by atoms with Crippen LogP contribution in [0.15, 0.2) is 48.4 Å². The average Bonchev–Trinajstić information content (AvgIpc) is 3.41. The lowest BCUT2D eigenvalue weighted by Crippen LogP contribution is -2.18. The predicted octanol–water partition coefficient (Wildman–Crippen LogP) is 3.44. The fourth-order valence-corrected chi connectivity index (χ4v) is 3.35. The predicted molar refractivity (Wildman–Crippen MR) is 98.5 cm³/mol. The van der Waals surface area contributed by atoms with Gasteiger partial charge in [0.05, 0.1) is 34.8 Å². The number of nitrogens with zero attached hydrogens (tertiary/aromatic N) is 5. The van der Waals surface area contributed by atoms with Crippen molar-refractivity contribution in [1.82, 2.24) is 24.4 Å². The first-order chi connectivity index (χ1) is 13.9. The number of thiophene rings is 1. The van der Waals surface area contributed by atoms with Crippen LogP contribution in [0.3, 0.4) is 0 Å². The minimum atomic E-state index is -4.41. The van der Waals surface area contributed by atoms with Gasteiger partial charge in [-0.1, -0.05) is 6.07 Å². The van der Waals surface area contributed by atoms with Gasteiger partial charge in [0.2, 0.25) is 0 Å². The molecule has 0 radical (unpaired) electrons. The smallest absolute Gasteiger partial charge is 0.350 e. The molecule has 0 saturated carbocycles. The highest BCUT2D eigenvalue weighted by Gasteiger charge is 2.27. The van der Waals surface area contributed by atoms with Gasteiger partial charge in [0.25, 0.3) is 5.91 Å². The lowest BCUT2D eigenvalue weighted by atomic mass is 10.3. The first-order valence-corrected chi connectivity index (χ1v) is 9.13. The van der Waals surface area contributed by atoms with E-state index in [1.54, 1.807) is 16.8 Å². The van der Waals surface area contributed by atoms with E-state index in [0.717, 1.165) is 15.3 Å². The van der Waals surface area contributed by atoms with Crippen LogP contribution in [0.4, 0.5) is 18.9 Å². The number of rotatable bonds is 6. The zero-order valence-corrected chi connectivity index (χ0v) is 15.4. The second kappa shape index (κ2) is 7.64. The van der Waals surface area contributed by atoms with Crippen LogP contribution in [0, 0.1) is 0 Å². The molecular weight excluding hydrogens is 409 g/mol. The van der Waals surface area contributed by atoms with Crippen LogP contribution in [0.25, 0.3) is 16.2 Å². The maximum Gasteiger partial charge on any atom is 0.411 e. The molecule has 0 bridgehead atoms. The summed E-state index contributed by atoms with van der Waals surface area (Å²) in [5, 5.41) is 12.7. The van der Waals surface area contributed by atoms with Gasteiger partial charge in [0, 0.05) is 6.20 Å². The Balaban J connectivity index is 1.48. The van der Waals surface area contributed by atoms with Gasteiger partial charge in [0.1, 0.15) is 18.9 Å². The number of halogens is 3. The first kappa shape index (κ1) is 19.1. The highest BCUT2D eigenvalue weighted by Crippen LogP contribution is 2.25. The normalized spacial score (nSPS) is 11.8. The van der Waals surface area contributed by atoms with Crippen molar-refractivity contribution in [2.24, 2.45) is 0 Å². The molecule has 29 heavy (non-hydrogen) atoms. The number of amides is 1. The molecule has 0 aliphatic rings. The number of anilines is 1. The quantitative estimate of drug-likeness (QED) is 0.514. The highest BCUT2D eigenvalue weighted by molar-refractivity contribution is 7.13. The maximum atomic E-state index is 12.6. The third-order valence-corrected chi connectivity index (χ3v) is 4.69. The molecule has 4 aromatic rings. The summed E-state index contributed by atoms with van der Waals surface area (Å²) in [5.74, 6) is -0.466.